The van der Waals surface area contributed by atoms with Gasteiger partial charge in [0.25, 0.3) is 0 Å². The summed E-state index contributed by atoms with van der Waals surface area (Å²) in [4.78, 5) is 15.3. The summed E-state index contributed by atoms with van der Waals surface area (Å²) in [6.45, 7) is 0.440. The van der Waals surface area contributed by atoms with Gasteiger partial charge in [-0.25, -0.2) is 0 Å². The summed E-state index contributed by atoms with van der Waals surface area (Å²) in [6.07, 6.45) is -9.04. The Bertz CT molecular complexity index is 862. The van der Waals surface area contributed by atoms with Gasteiger partial charge in [-0.05, 0) is 36.4 Å². The lowest BCUT2D eigenvalue weighted by atomic mass is 10.1. The molecule has 2 aromatic carbocycles. The minimum atomic E-state index is -4.53. The normalized spacial score (nSPS) is 16.3. The van der Waals surface area contributed by atoms with Crippen LogP contribution in [0.1, 0.15) is 17.5 Å². The van der Waals surface area contributed by atoms with Gasteiger partial charge in [0.15, 0.2) is 0 Å². The lowest BCUT2D eigenvalue weighted by molar-refractivity contribution is -0.138. The van der Waals surface area contributed by atoms with E-state index in [1.807, 2.05) is 0 Å². The van der Waals surface area contributed by atoms with Gasteiger partial charge in [0.1, 0.15) is 0 Å². The van der Waals surface area contributed by atoms with Gasteiger partial charge in [-0.2, -0.15) is 26.3 Å². The Hall–Kier alpha value is -2.71. The Kier molecular flexibility index (Phi) is 5.27. The van der Waals surface area contributed by atoms with Gasteiger partial charge in [0.05, 0.1) is 11.1 Å². The number of hydrogen-bond acceptors (Lipinski definition) is 2. The van der Waals surface area contributed by atoms with Crippen molar-refractivity contribution in [1.82, 2.24) is 0 Å². The molecule has 0 aliphatic carbocycles. The molecule has 0 aromatic heterocycles. The van der Waals surface area contributed by atoms with Crippen LogP contribution in [0.25, 0.3) is 0 Å². The van der Waals surface area contributed by atoms with Crippen molar-refractivity contribution in [2.24, 2.45) is 0 Å². The molecule has 0 unspecified atom stereocenters. The zero-order valence-electron chi connectivity index (χ0n) is 14.5. The third-order valence-corrected chi connectivity index (χ3v) is 4.51. The van der Waals surface area contributed by atoms with Crippen LogP contribution in [-0.4, -0.2) is 25.5 Å². The average Bonchev–Trinajstić information content (AvgIpc) is 2.82. The molecule has 0 bridgehead atoms. The maximum absolute atomic E-state index is 12.9. The molecule has 1 aliphatic heterocycles. The molecule has 3 rings (SSSR count). The summed E-state index contributed by atoms with van der Waals surface area (Å²) >= 11 is 0. The molecule has 0 radical (unpaired) electrons. The fourth-order valence-corrected chi connectivity index (χ4v) is 3.08. The van der Waals surface area contributed by atoms with Crippen LogP contribution in [-0.2, 0) is 17.1 Å². The molecule has 3 nitrogen and oxygen atoms in total. The number of alkyl halides is 6. The Morgan fingerprint density at radius 1 is 0.714 bits per heavy atom. The average molecular weight is 402 g/mol. The van der Waals surface area contributed by atoms with E-state index < -0.39 is 23.5 Å². The zero-order chi connectivity index (χ0) is 20.5. The van der Waals surface area contributed by atoms with E-state index in [0.29, 0.717) is 5.69 Å². The largest absolute Gasteiger partial charge is 0.416 e. The Labute approximate surface area is 157 Å². The van der Waals surface area contributed by atoms with Crippen molar-refractivity contribution in [2.45, 2.75) is 18.8 Å². The highest BCUT2D eigenvalue weighted by molar-refractivity contribution is 5.94. The number of amides is 1. The molecule has 0 atom stereocenters. The van der Waals surface area contributed by atoms with Crippen molar-refractivity contribution >= 4 is 17.3 Å². The molecule has 1 aliphatic rings. The second kappa shape index (κ2) is 7.37. The van der Waals surface area contributed by atoms with E-state index in [1.54, 1.807) is 4.90 Å². The van der Waals surface area contributed by atoms with Crippen LogP contribution in [0.4, 0.5) is 37.7 Å². The lowest BCUT2D eigenvalue weighted by Gasteiger charge is -2.24. The molecule has 1 saturated heterocycles. The van der Waals surface area contributed by atoms with Crippen molar-refractivity contribution in [2.75, 3.05) is 29.4 Å². The third-order valence-electron chi connectivity index (χ3n) is 4.51. The van der Waals surface area contributed by atoms with Gasteiger partial charge in [-0.1, -0.05) is 12.1 Å². The van der Waals surface area contributed by atoms with Crippen LogP contribution in [0.2, 0.25) is 0 Å². The maximum atomic E-state index is 12.9. The van der Waals surface area contributed by atoms with Gasteiger partial charge >= 0.3 is 12.4 Å². The van der Waals surface area contributed by atoms with E-state index in [4.69, 9.17) is 0 Å². The first-order valence-corrected chi connectivity index (χ1v) is 8.45. The van der Waals surface area contributed by atoms with Gasteiger partial charge in [0.2, 0.25) is 5.91 Å². The molecule has 28 heavy (non-hydrogen) atoms. The van der Waals surface area contributed by atoms with E-state index >= 15 is 0 Å². The van der Waals surface area contributed by atoms with Crippen molar-refractivity contribution in [3.63, 3.8) is 0 Å². The van der Waals surface area contributed by atoms with E-state index in [0.717, 1.165) is 24.3 Å². The van der Waals surface area contributed by atoms with E-state index in [1.165, 1.54) is 29.2 Å². The number of nitrogens with zero attached hydrogens (tertiary/aromatic N) is 2. The maximum Gasteiger partial charge on any atom is 0.416 e. The molecule has 9 heteroatoms. The topological polar surface area (TPSA) is 23.6 Å². The van der Waals surface area contributed by atoms with Crippen LogP contribution in [0, 0.1) is 0 Å². The van der Waals surface area contributed by atoms with Gasteiger partial charge in [-0.3, -0.25) is 4.79 Å². The molecular formula is C19H16F6N2O. The SMILES string of the molecule is O=C1CCN(c2cccc(C(F)(F)F)c2)CCN1c1cccc(C(F)(F)F)c1. The molecule has 2 aromatic rings. The first-order valence-electron chi connectivity index (χ1n) is 8.45. The number of anilines is 2. The fraction of sp³-hybridized carbons (Fsp3) is 0.316. The first kappa shape index (κ1) is 20.0. The second-order valence-electron chi connectivity index (χ2n) is 6.38. The van der Waals surface area contributed by atoms with Crippen LogP contribution in [0.15, 0.2) is 48.5 Å². The number of benzene rings is 2. The Morgan fingerprint density at radius 3 is 1.82 bits per heavy atom. The van der Waals surface area contributed by atoms with Crippen LogP contribution < -0.4 is 9.80 Å². The second-order valence-corrected chi connectivity index (χ2v) is 6.38. The predicted molar refractivity (Wildman–Crippen MR) is 92.1 cm³/mol. The quantitative estimate of drug-likeness (QED) is 0.663. The lowest BCUT2D eigenvalue weighted by Crippen LogP contribution is -2.33. The van der Waals surface area contributed by atoms with Gasteiger partial charge < -0.3 is 9.80 Å². The van der Waals surface area contributed by atoms with Crippen LogP contribution >= 0.6 is 0 Å². The summed E-state index contributed by atoms with van der Waals surface area (Å²) in [6, 6.07) is 9.22. The highest BCUT2D eigenvalue weighted by Gasteiger charge is 2.33. The number of halogens is 6. The van der Waals surface area contributed by atoms with Gasteiger partial charge in [0, 0.05) is 37.4 Å². The molecule has 1 amide bonds. The predicted octanol–water partition coefficient (Wildman–Crippen LogP) is 4.97. The standard InChI is InChI=1S/C19H16F6N2O/c20-18(21,22)13-3-1-5-15(11-13)26-8-7-17(28)27(10-9-26)16-6-2-4-14(12-16)19(23,24)25/h1-6,11-12H,7-10H2. The minimum absolute atomic E-state index is 0.0213. The zero-order valence-corrected chi connectivity index (χ0v) is 14.5. The minimum Gasteiger partial charge on any atom is -0.369 e. The Morgan fingerprint density at radius 2 is 1.25 bits per heavy atom. The highest BCUT2D eigenvalue weighted by Crippen LogP contribution is 2.33. The van der Waals surface area contributed by atoms with Crippen molar-refractivity contribution in [3.8, 4) is 0 Å². The summed E-state index contributed by atoms with van der Waals surface area (Å²) in [7, 11) is 0. The summed E-state index contributed by atoms with van der Waals surface area (Å²) < 4.78 is 77.5. The third kappa shape index (κ3) is 4.40. The summed E-state index contributed by atoms with van der Waals surface area (Å²) in [5.74, 6) is -0.381. The monoisotopic (exact) mass is 402 g/mol. The van der Waals surface area contributed by atoms with Crippen LogP contribution in [0.5, 0.6) is 0 Å². The highest BCUT2D eigenvalue weighted by atomic mass is 19.4. The summed E-state index contributed by atoms with van der Waals surface area (Å²) in [5.41, 5.74) is -1.23. The number of carbonyl (C=O) groups excluding carboxylic acids is 1. The van der Waals surface area contributed by atoms with E-state index in [9.17, 15) is 31.1 Å². The molecule has 0 saturated carbocycles. The smallest absolute Gasteiger partial charge is 0.369 e. The molecular weight excluding hydrogens is 386 g/mol. The summed E-state index contributed by atoms with van der Waals surface area (Å²) in [5, 5.41) is 0. The molecule has 0 spiro atoms. The number of hydrogen-bond donors (Lipinski definition) is 0. The van der Waals surface area contributed by atoms with E-state index in [2.05, 4.69) is 0 Å². The van der Waals surface area contributed by atoms with Crippen molar-refractivity contribution in [1.29, 1.82) is 0 Å². The van der Waals surface area contributed by atoms with Crippen molar-refractivity contribution in [3.05, 3.63) is 59.7 Å². The number of carbonyl (C=O) groups is 1. The van der Waals surface area contributed by atoms with Crippen LogP contribution in [0.3, 0.4) is 0 Å². The Balaban J connectivity index is 1.82. The number of rotatable bonds is 2. The van der Waals surface area contributed by atoms with Gasteiger partial charge in [-0.15, -0.1) is 0 Å². The molecule has 1 fully saturated rings. The van der Waals surface area contributed by atoms with E-state index in [-0.39, 0.29) is 37.6 Å². The fourth-order valence-electron chi connectivity index (χ4n) is 3.08. The van der Waals surface area contributed by atoms with Crippen molar-refractivity contribution < 1.29 is 31.1 Å². The molecule has 1 heterocycles. The molecule has 150 valence electrons. The molecule has 0 N–H and O–H groups in total. The first-order chi connectivity index (χ1) is 13.1.